The van der Waals surface area contributed by atoms with E-state index in [2.05, 4.69) is 15.3 Å². The van der Waals surface area contributed by atoms with Crippen molar-refractivity contribution in [2.24, 2.45) is 0 Å². The smallest absolute Gasteiger partial charge is 0.294 e. The largest absolute Gasteiger partial charge is 0.493 e. The number of hydrogen-bond acceptors (Lipinski definition) is 5. The summed E-state index contributed by atoms with van der Waals surface area (Å²) in [5, 5.41) is 3.44. The van der Waals surface area contributed by atoms with Crippen LogP contribution in [0.5, 0.6) is 5.75 Å². The average Bonchev–Trinajstić information content (AvgIpc) is 3.12. The number of carbonyl (C=O) groups is 1. The fourth-order valence-corrected chi connectivity index (χ4v) is 3.12. The van der Waals surface area contributed by atoms with Crippen molar-refractivity contribution in [1.82, 2.24) is 9.97 Å². The van der Waals surface area contributed by atoms with Crippen LogP contribution in [0.3, 0.4) is 0 Å². The summed E-state index contributed by atoms with van der Waals surface area (Å²) in [6, 6.07) is 12.5. The highest BCUT2D eigenvalue weighted by Crippen LogP contribution is 2.32. The molecule has 0 fully saturated rings. The van der Waals surface area contributed by atoms with Gasteiger partial charge in [0.05, 0.1) is 12.2 Å². The van der Waals surface area contributed by atoms with E-state index in [1.807, 2.05) is 25.1 Å². The minimum absolute atomic E-state index is 0.161. The molecule has 0 aliphatic heterocycles. The minimum atomic E-state index is -0.391. The van der Waals surface area contributed by atoms with Crippen LogP contribution in [0.1, 0.15) is 13.3 Å². The number of aromatic nitrogens is 2. The number of nitrogens with zero attached hydrogens (tertiary/aromatic N) is 1. The van der Waals surface area contributed by atoms with Crippen molar-refractivity contribution in [2.45, 2.75) is 13.3 Å². The Bertz CT molecular complexity index is 1260. The van der Waals surface area contributed by atoms with Gasteiger partial charge in [-0.25, -0.2) is 4.98 Å². The molecule has 2 N–H and O–H groups in total. The van der Waals surface area contributed by atoms with Crippen molar-refractivity contribution in [3.05, 3.63) is 52.8 Å². The molecule has 0 atom stereocenters. The molecule has 0 unspecified atom stereocenters. The lowest BCUT2D eigenvalue weighted by Gasteiger charge is -2.13. The number of rotatable bonds is 6. The van der Waals surface area contributed by atoms with E-state index in [-0.39, 0.29) is 17.4 Å². The number of ether oxygens (including phenoxy) is 1. The zero-order valence-electron chi connectivity index (χ0n) is 15.6. The van der Waals surface area contributed by atoms with Crippen molar-refractivity contribution in [3.8, 4) is 17.1 Å². The predicted octanol–water partition coefficient (Wildman–Crippen LogP) is 4.30. The summed E-state index contributed by atoms with van der Waals surface area (Å²) in [5.74, 6) is 0.372. The number of halogens is 1. The second-order valence-electron chi connectivity index (χ2n) is 6.43. The lowest BCUT2D eigenvalue weighted by Crippen LogP contribution is -2.13. The van der Waals surface area contributed by atoms with Crippen LogP contribution in [-0.4, -0.2) is 28.4 Å². The first-order valence-electron chi connectivity index (χ1n) is 9.15. The maximum Gasteiger partial charge on any atom is 0.294 e. The quantitative estimate of drug-likeness (QED) is 0.461. The molecular weight excluding hydrogens is 394 g/mol. The molecule has 4 aromatic rings. The molecular formula is C21H18ClN3O4. The van der Waals surface area contributed by atoms with Gasteiger partial charge in [0.1, 0.15) is 28.6 Å². The number of benzene rings is 2. The van der Waals surface area contributed by atoms with Gasteiger partial charge in [-0.1, -0.05) is 19.1 Å². The molecule has 0 bridgehead atoms. The monoisotopic (exact) mass is 411 g/mol. The Kier molecular flexibility index (Phi) is 5.22. The van der Waals surface area contributed by atoms with Gasteiger partial charge in [-0.15, -0.1) is 11.6 Å². The van der Waals surface area contributed by atoms with Crippen LogP contribution in [-0.2, 0) is 4.79 Å². The first-order chi connectivity index (χ1) is 14.1. The van der Waals surface area contributed by atoms with Crippen molar-refractivity contribution in [3.63, 3.8) is 0 Å². The highest BCUT2D eigenvalue weighted by atomic mass is 35.5. The zero-order valence-corrected chi connectivity index (χ0v) is 16.4. The summed E-state index contributed by atoms with van der Waals surface area (Å²) in [7, 11) is 0. The van der Waals surface area contributed by atoms with Gasteiger partial charge in [0.15, 0.2) is 0 Å². The molecule has 0 aliphatic carbocycles. The molecule has 0 saturated heterocycles. The number of furan rings is 1. The molecule has 4 rings (SSSR count). The summed E-state index contributed by atoms with van der Waals surface area (Å²) in [6.07, 6.45) is 0.819. The number of hydrogen-bond donors (Lipinski definition) is 2. The maximum absolute atomic E-state index is 12.7. The molecule has 2 heterocycles. The number of fused-ring (bicyclic) bond motifs is 3. The Morgan fingerprint density at radius 2 is 2.10 bits per heavy atom. The van der Waals surface area contributed by atoms with E-state index in [9.17, 15) is 9.59 Å². The predicted molar refractivity (Wildman–Crippen MR) is 113 cm³/mol. The van der Waals surface area contributed by atoms with Crippen LogP contribution in [0.4, 0.5) is 5.69 Å². The molecule has 2 aromatic carbocycles. The second kappa shape index (κ2) is 7.97. The zero-order chi connectivity index (χ0) is 20.4. The van der Waals surface area contributed by atoms with E-state index < -0.39 is 5.56 Å². The summed E-state index contributed by atoms with van der Waals surface area (Å²) in [4.78, 5) is 31.7. The molecule has 0 spiro atoms. The Hall–Kier alpha value is -3.32. The van der Waals surface area contributed by atoms with E-state index >= 15 is 0 Å². The van der Waals surface area contributed by atoms with Crippen molar-refractivity contribution >= 4 is 45.3 Å². The van der Waals surface area contributed by atoms with E-state index in [4.69, 9.17) is 20.8 Å². The standard InChI is InChI=1S/C21H18ClN3O4/c1-2-9-28-15-8-7-12(23-17(26)11-22)10-14(15)20-24-18-13-5-3-4-6-16(13)29-19(18)21(27)25-20/h3-8,10H,2,9,11H2,1H3,(H,23,26)(H,24,25,27). The van der Waals surface area contributed by atoms with Gasteiger partial charge in [-0.2, -0.15) is 0 Å². The van der Waals surface area contributed by atoms with Crippen LogP contribution < -0.4 is 15.6 Å². The summed E-state index contributed by atoms with van der Waals surface area (Å²) in [5.41, 5.74) is 1.90. The summed E-state index contributed by atoms with van der Waals surface area (Å²) in [6.45, 7) is 2.50. The van der Waals surface area contributed by atoms with Gasteiger partial charge < -0.3 is 19.5 Å². The third-order valence-electron chi connectivity index (χ3n) is 4.33. The number of H-pyrrole nitrogens is 1. The fourth-order valence-electron chi connectivity index (χ4n) is 3.05. The van der Waals surface area contributed by atoms with E-state index in [1.54, 1.807) is 24.3 Å². The molecule has 29 heavy (non-hydrogen) atoms. The van der Waals surface area contributed by atoms with Crippen molar-refractivity contribution in [2.75, 3.05) is 17.8 Å². The lowest BCUT2D eigenvalue weighted by molar-refractivity contribution is -0.113. The summed E-state index contributed by atoms with van der Waals surface area (Å²) >= 11 is 5.58. The molecule has 8 heteroatoms. The number of amides is 1. The highest BCUT2D eigenvalue weighted by Gasteiger charge is 2.17. The Morgan fingerprint density at radius 1 is 1.28 bits per heavy atom. The van der Waals surface area contributed by atoms with E-state index in [1.165, 1.54) is 0 Å². The second-order valence-corrected chi connectivity index (χ2v) is 6.70. The SMILES string of the molecule is CCCOc1ccc(NC(=O)CCl)cc1-c1nc2c(oc3ccccc32)c(=O)[nH]1. The van der Waals surface area contributed by atoms with E-state index in [0.717, 1.165) is 11.8 Å². The summed E-state index contributed by atoms with van der Waals surface area (Å²) < 4.78 is 11.5. The Morgan fingerprint density at radius 3 is 2.90 bits per heavy atom. The number of anilines is 1. The number of alkyl halides is 1. The number of nitrogens with one attached hydrogen (secondary N) is 2. The topological polar surface area (TPSA) is 97.2 Å². The molecule has 7 nitrogen and oxygen atoms in total. The van der Waals surface area contributed by atoms with Crippen LogP contribution in [0.15, 0.2) is 51.7 Å². The first-order valence-corrected chi connectivity index (χ1v) is 9.68. The number of carbonyl (C=O) groups excluding carboxylic acids is 1. The van der Waals surface area contributed by atoms with Crippen molar-refractivity contribution in [1.29, 1.82) is 0 Å². The molecule has 0 radical (unpaired) electrons. The van der Waals surface area contributed by atoms with Crippen molar-refractivity contribution < 1.29 is 13.9 Å². The number of para-hydroxylation sites is 1. The normalized spacial score (nSPS) is 11.1. The molecule has 0 aliphatic rings. The molecule has 0 saturated carbocycles. The first kappa shape index (κ1) is 19.0. The van der Waals surface area contributed by atoms with Gasteiger partial charge in [0.25, 0.3) is 5.56 Å². The third-order valence-corrected chi connectivity index (χ3v) is 4.58. The average molecular weight is 412 g/mol. The third kappa shape index (κ3) is 3.69. The molecule has 148 valence electrons. The van der Waals surface area contributed by atoms with Gasteiger partial charge in [-0.05, 0) is 36.8 Å². The van der Waals surface area contributed by atoms with Crippen LogP contribution in [0.25, 0.3) is 33.5 Å². The van der Waals surface area contributed by atoms with Gasteiger partial charge in [0, 0.05) is 11.1 Å². The lowest BCUT2D eigenvalue weighted by atomic mass is 10.1. The highest BCUT2D eigenvalue weighted by molar-refractivity contribution is 6.29. The fraction of sp³-hybridized carbons (Fsp3) is 0.190. The van der Waals surface area contributed by atoms with Crippen LogP contribution in [0, 0.1) is 0 Å². The van der Waals surface area contributed by atoms with E-state index in [0.29, 0.717) is 40.5 Å². The number of aromatic amines is 1. The molecule has 1 amide bonds. The maximum atomic E-state index is 12.7. The van der Waals surface area contributed by atoms with Gasteiger partial charge in [-0.3, -0.25) is 9.59 Å². The van der Waals surface area contributed by atoms with Crippen LogP contribution in [0.2, 0.25) is 0 Å². The minimum Gasteiger partial charge on any atom is -0.493 e. The Labute approximate surface area is 170 Å². The van der Waals surface area contributed by atoms with Gasteiger partial charge >= 0.3 is 0 Å². The molecule has 2 aromatic heterocycles. The Balaban J connectivity index is 1.90. The van der Waals surface area contributed by atoms with Gasteiger partial charge in [0.2, 0.25) is 11.5 Å². The van der Waals surface area contributed by atoms with Crippen LogP contribution >= 0.6 is 11.6 Å².